The van der Waals surface area contributed by atoms with E-state index < -0.39 is 88.7 Å². The SMILES string of the molecule is CC1=C(C(=O)OCc2ccccc2)N2C(=O)[C@@H](NC(=O)[C@@H](NC(=O)CC(=O)N[C@@H](C(=O)N[C@H]3C(=O)N4C(C(=O)OCc5ccccc5)=C(C)CSC34)c3ccccc3)c3ccccc3)C2SC1. The second-order valence-corrected chi connectivity index (χ2v) is 18.4. The van der Waals surface area contributed by atoms with Crippen LogP contribution in [0.5, 0.6) is 0 Å². The van der Waals surface area contributed by atoms with Gasteiger partial charge in [0.2, 0.25) is 23.6 Å². The molecule has 4 aromatic carbocycles. The number of nitrogens with one attached hydrogen (secondary N) is 4. The van der Waals surface area contributed by atoms with Crippen LogP contribution >= 0.6 is 23.5 Å². The molecule has 6 amide bonds. The summed E-state index contributed by atoms with van der Waals surface area (Å²) in [4.78, 5) is 112. The van der Waals surface area contributed by atoms with Crippen LogP contribution in [0.2, 0.25) is 0 Å². The minimum Gasteiger partial charge on any atom is -0.456 e. The van der Waals surface area contributed by atoms with Gasteiger partial charge in [-0.2, -0.15) is 0 Å². The van der Waals surface area contributed by atoms with Gasteiger partial charge in [0.1, 0.15) is 65.9 Å². The normalized spacial score (nSPS) is 20.4. The number of hydrogen-bond acceptors (Lipinski definition) is 12. The Morgan fingerprint density at radius 2 is 0.896 bits per heavy atom. The summed E-state index contributed by atoms with van der Waals surface area (Å²) in [7, 11) is 0. The first-order valence-corrected chi connectivity index (χ1v) is 23.5. The van der Waals surface area contributed by atoms with Gasteiger partial charge >= 0.3 is 11.9 Å². The molecule has 2 saturated heterocycles. The highest BCUT2D eigenvalue weighted by Gasteiger charge is 2.56. The number of esters is 2. The Bertz CT molecular complexity index is 2470. The third-order valence-corrected chi connectivity index (χ3v) is 14.3. The zero-order chi connectivity index (χ0) is 47.2. The minimum atomic E-state index is -1.34. The molecule has 18 heteroatoms. The Morgan fingerprint density at radius 1 is 0.552 bits per heavy atom. The number of amides is 6. The van der Waals surface area contributed by atoms with Crippen LogP contribution in [0.15, 0.2) is 144 Å². The van der Waals surface area contributed by atoms with Crippen LogP contribution in [-0.2, 0) is 61.0 Å². The summed E-state index contributed by atoms with van der Waals surface area (Å²) >= 11 is 2.74. The van der Waals surface area contributed by atoms with Crippen molar-refractivity contribution in [2.75, 3.05) is 11.5 Å². The Morgan fingerprint density at radius 3 is 1.25 bits per heavy atom. The number of carbonyl (C=O) groups is 8. The third-order valence-electron chi connectivity index (χ3n) is 11.4. The summed E-state index contributed by atoms with van der Waals surface area (Å²) < 4.78 is 11.1. The Balaban J connectivity index is 0.892. The van der Waals surface area contributed by atoms with E-state index in [1.54, 1.807) is 74.5 Å². The number of rotatable bonds is 16. The average molecular weight is 943 g/mol. The van der Waals surface area contributed by atoms with Crippen LogP contribution in [0.4, 0.5) is 0 Å². The fourth-order valence-electron chi connectivity index (χ4n) is 8.04. The van der Waals surface area contributed by atoms with Crippen molar-refractivity contribution >= 4 is 70.9 Å². The lowest BCUT2D eigenvalue weighted by Crippen LogP contribution is -2.71. The highest BCUT2D eigenvalue weighted by molar-refractivity contribution is 8.00. The maximum absolute atomic E-state index is 14.0. The van der Waals surface area contributed by atoms with Gasteiger partial charge in [-0.1, -0.05) is 121 Å². The average Bonchev–Trinajstić information content (AvgIpc) is 3.35. The maximum Gasteiger partial charge on any atom is 0.355 e. The molecular weight excluding hydrogens is 897 g/mol. The molecule has 2 unspecified atom stereocenters. The maximum atomic E-state index is 14.0. The third kappa shape index (κ3) is 10.1. The van der Waals surface area contributed by atoms with Crippen molar-refractivity contribution < 1.29 is 47.8 Å². The van der Waals surface area contributed by atoms with Gasteiger partial charge in [-0.05, 0) is 47.2 Å². The number of carbonyl (C=O) groups excluding carboxylic acids is 8. The molecular formula is C49H46N6O10S2. The van der Waals surface area contributed by atoms with E-state index in [1.807, 2.05) is 60.7 Å². The van der Waals surface area contributed by atoms with Gasteiger partial charge in [0.05, 0.1) is 0 Å². The predicted octanol–water partition coefficient (Wildman–Crippen LogP) is 3.93. The molecule has 6 atom stereocenters. The first-order valence-electron chi connectivity index (χ1n) is 21.4. The van der Waals surface area contributed by atoms with Gasteiger partial charge in [0.15, 0.2) is 0 Å². The number of thioether (sulfide) groups is 2. The predicted molar refractivity (Wildman–Crippen MR) is 247 cm³/mol. The number of nitrogens with zero attached hydrogens (tertiary/aromatic N) is 2. The summed E-state index contributed by atoms with van der Waals surface area (Å²) in [5.74, 6) is -4.71. The van der Waals surface area contributed by atoms with E-state index in [0.29, 0.717) is 33.8 Å². The van der Waals surface area contributed by atoms with Crippen LogP contribution in [0, 0.1) is 0 Å². The lowest BCUT2D eigenvalue weighted by molar-refractivity contribution is -0.153. The molecule has 16 nitrogen and oxygen atoms in total. The molecule has 0 bridgehead atoms. The van der Waals surface area contributed by atoms with Gasteiger partial charge in [-0.3, -0.25) is 38.6 Å². The molecule has 4 aliphatic heterocycles. The Labute approximate surface area is 394 Å². The standard InChI is InChI=1S/C49H46N6O10S2/c1-28-26-66-46-38(44(60)54(46)40(28)48(62)64-24-30-15-7-3-8-16-30)52-42(58)36(32-19-11-5-12-20-32)50-34(56)23-35(57)51-37(33-21-13-6-14-22-33)43(59)53-39-45(61)55-41(29(2)27-67-47(39)55)49(63)65-25-31-17-9-4-10-18-31/h3-22,36-39,46-47H,23-27H2,1-2H3,(H,50,56)(H,51,57)(H,52,58)(H,53,59)/t36-,37+,38+,39-,46?,47?. The zero-order valence-electron chi connectivity index (χ0n) is 36.3. The van der Waals surface area contributed by atoms with E-state index in [0.717, 1.165) is 11.1 Å². The molecule has 67 heavy (non-hydrogen) atoms. The molecule has 0 radical (unpaired) electrons. The van der Waals surface area contributed by atoms with Crippen LogP contribution in [-0.4, -0.2) is 91.5 Å². The summed E-state index contributed by atoms with van der Waals surface area (Å²) in [5, 5.41) is 9.49. The first-order chi connectivity index (χ1) is 32.4. The van der Waals surface area contributed by atoms with E-state index in [-0.39, 0.29) is 24.6 Å². The van der Waals surface area contributed by atoms with Crippen LogP contribution < -0.4 is 21.3 Å². The fourth-order valence-corrected chi connectivity index (χ4v) is 10.6. The molecule has 0 aromatic heterocycles. The lowest BCUT2D eigenvalue weighted by atomic mass is 10.0. The van der Waals surface area contributed by atoms with Crippen molar-refractivity contribution in [3.05, 3.63) is 166 Å². The molecule has 8 rings (SSSR count). The van der Waals surface area contributed by atoms with Gasteiger partial charge in [-0.15, -0.1) is 23.5 Å². The number of hydrogen-bond donors (Lipinski definition) is 4. The molecule has 4 aliphatic rings. The second-order valence-electron chi connectivity index (χ2n) is 16.2. The smallest absolute Gasteiger partial charge is 0.355 e. The van der Waals surface area contributed by atoms with Gasteiger partial charge in [0, 0.05) is 11.5 Å². The summed E-state index contributed by atoms with van der Waals surface area (Å²) in [6, 6.07) is 30.1. The van der Waals surface area contributed by atoms with Crippen LogP contribution in [0.25, 0.3) is 0 Å². The molecule has 0 spiro atoms. The quantitative estimate of drug-likeness (QED) is 0.0716. The minimum absolute atomic E-state index is 0.0164. The van der Waals surface area contributed by atoms with Crippen LogP contribution in [0.3, 0.4) is 0 Å². The topological polar surface area (TPSA) is 210 Å². The van der Waals surface area contributed by atoms with Crippen molar-refractivity contribution in [1.82, 2.24) is 31.1 Å². The van der Waals surface area contributed by atoms with Crippen LogP contribution in [0.1, 0.15) is 54.6 Å². The van der Waals surface area contributed by atoms with Gasteiger partial charge in [-0.25, -0.2) is 9.59 Å². The number of β-lactam (4-membered cyclic amide) rings is 2. The largest absolute Gasteiger partial charge is 0.456 e. The van der Waals surface area contributed by atoms with E-state index in [1.165, 1.54) is 33.3 Å². The molecule has 0 aliphatic carbocycles. The second kappa shape index (κ2) is 20.6. The molecule has 4 aromatic rings. The summed E-state index contributed by atoms with van der Waals surface area (Å²) in [6.45, 7) is 3.52. The lowest BCUT2D eigenvalue weighted by Gasteiger charge is -2.49. The van der Waals surface area contributed by atoms with E-state index in [9.17, 15) is 38.4 Å². The molecule has 4 N–H and O–H groups in total. The number of benzene rings is 4. The molecule has 0 saturated carbocycles. The van der Waals surface area contributed by atoms with Crippen molar-refractivity contribution in [3.8, 4) is 0 Å². The highest BCUT2D eigenvalue weighted by Crippen LogP contribution is 2.42. The van der Waals surface area contributed by atoms with E-state index in [4.69, 9.17) is 9.47 Å². The van der Waals surface area contributed by atoms with Crippen molar-refractivity contribution in [3.63, 3.8) is 0 Å². The van der Waals surface area contributed by atoms with Crippen molar-refractivity contribution in [2.24, 2.45) is 0 Å². The van der Waals surface area contributed by atoms with Gasteiger partial charge in [0.25, 0.3) is 11.8 Å². The van der Waals surface area contributed by atoms with Crippen molar-refractivity contribution in [1.29, 1.82) is 0 Å². The highest BCUT2D eigenvalue weighted by atomic mass is 32.2. The first kappa shape index (κ1) is 46.4. The summed E-state index contributed by atoms with van der Waals surface area (Å²) in [5.41, 5.74) is 3.87. The van der Waals surface area contributed by atoms with E-state index in [2.05, 4.69) is 21.3 Å². The number of fused-ring (bicyclic) bond motifs is 2. The Kier molecular flexibility index (Phi) is 14.2. The fraction of sp³-hybridized carbons (Fsp3) is 0.265. The van der Waals surface area contributed by atoms with Gasteiger partial charge < -0.3 is 30.7 Å². The number of ether oxygens (including phenoxy) is 2. The van der Waals surface area contributed by atoms with E-state index >= 15 is 0 Å². The molecule has 2 fully saturated rings. The monoisotopic (exact) mass is 942 g/mol. The summed E-state index contributed by atoms with van der Waals surface area (Å²) in [6.07, 6.45) is -0.798. The Hall–Kier alpha value is -7.18. The molecule has 4 heterocycles. The van der Waals surface area contributed by atoms with Crippen molar-refractivity contribution in [2.45, 2.75) is 68.4 Å². The molecule has 344 valence electrons. The zero-order valence-corrected chi connectivity index (χ0v) is 38.0.